The quantitative estimate of drug-likeness (QED) is 0.795. The molecule has 25 heavy (non-hydrogen) atoms. The fraction of sp³-hybridized carbons (Fsp3) is 0.263. The van der Waals surface area contributed by atoms with Crippen molar-refractivity contribution < 1.29 is 4.79 Å². The minimum absolute atomic E-state index is 0.135. The molecule has 0 aliphatic carbocycles. The van der Waals surface area contributed by atoms with Gasteiger partial charge in [-0.05, 0) is 37.1 Å². The number of amides is 1. The molecule has 3 heterocycles. The first-order valence-electron chi connectivity index (χ1n) is 8.44. The van der Waals surface area contributed by atoms with Crippen molar-refractivity contribution in [1.29, 1.82) is 0 Å². The summed E-state index contributed by atoms with van der Waals surface area (Å²) in [5.41, 5.74) is 7.29. The molecule has 1 amide bonds. The average molecular weight is 333 g/mol. The molecule has 0 unspecified atom stereocenters. The van der Waals surface area contributed by atoms with Crippen molar-refractivity contribution in [2.24, 2.45) is 11.7 Å². The highest BCUT2D eigenvalue weighted by atomic mass is 16.1. The molecule has 1 fully saturated rings. The molecule has 0 spiro atoms. The zero-order valence-electron chi connectivity index (χ0n) is 13.8. The van der Waals surface area contributed by atoms with Gasteiger partial charge >= 0.3 is 0 Å². The van der Waals surface area contributed by atoms with E-state index >= 15 is 0 Å². The first kappa shape index (κ1) is 15.5. The third-order valence-corrected chi connectivity index (χ3v) is 4.63. The van der Waals surface area contributed by atoms with E-state index in [9.17, 15) is 4.79 Å². The van der Waals surface area contributed by atoms with Gasteiger partial charge in [-0.15, -0.1) is 0 Å². The summed E-state index contributed by atoms with van der Waals surface area (Å²) < 4.78 is 0. The van der Waals surface area contributed by atoms with Crippen molar-refractivity contribution in [3.63, 3.8) is 0 Å². The van der Waals surface area contributed by atoms with E-state index in [1.807, 2.05) is 36.4 Å². The maximum Gasteiger partial charge on any atom is 0.222 e. The number of anilines is 1. The maximum atomic E-state index is 11.6. The van der Waals surface area contributed by atoms with Crippen LogP contribution < -0.4 is 10.6 Å². The minimum Gasteiger partial charge on any atom is -0.369 e. The van der Waals surface area contributed by atoms with Gasteiger partial charge in [0.1, 0.15) is 5.82 Å². The van der Waals surface area contributed by atoms with Crippen LogP contribution in [0.3, 0.4) is 0 Å². The van der Waals surface area contributed by atoms with Gasteiger partial charge in [0.05, 0.1) is 11.4 Å². The van der Waals surface area contributed by atoms with E-state index in [0.717, 1.165) is 41.7 Å². The molecule has 3 aromatic rings. The predicted octanol–water partition coefficient (Wildman–Crippen LogP) is 2.39. The number of nitrogens with zero attached hydrogens (tertiary/aromatic N) is 4. The molecule has 1 saturated heterocycles. The van der Waals surface area contributed by atoms with Crippen LogP contribution in [-0.2, 0) is 4.79 Å². The van der Waals surface area contributed by atoms with Crippen molar-refractivity contribution >= 4 is 22.6 Å². The number of hydrogen-bond donors (Lipinski definition) is 1. The van der Waals surface area contributed by atoms with E-state index < -0.39 is 0 Å². The number of nitrogens with two attached hydrogens (primary N) is 1. The van der Waals surface area contributed by atoms with Crippen molar-refractivity contribution in [3.05, 3.63) is 48.8 Å². The number of para-hydroxylation sites is 1. The Morgan fingerprint density at radius 1 is 1.16 bits per heavy atom. The Balaban J connectivity index is 1.83. The molecule has 6 heteroatoms. The SMILES string of the molecule is NC(=O)[C@@H]1CCCN(c2nc(-c3cccnc3)nc3ccccc23)C1. The van der Waals surface area contributed by atoms with E-state index in [4.69, 9.17) is 10.7 Å². The second kappa shape index (κ2) is 6.47. The number of carbonyl (C=O) groups is 1. The molecule has 2 N–H and O–H groups in total. The molecule has 1 aliphatic heterocycles. The molecule has 1 aromatic carbocycles. The van der Waals surface area contributed by atoms with Gasteiger partial charge in [-0.25, -0.2) is 9.97 Å². The molecule has 1 aliphatic rings. The van der Waals surface area contributed by atoms with Crippen LogP contribution in [0.2, 0.25) is 0 Å². The Hall–Kier alpha value is -3.02. The summed E-state index contributed by atoms with van der Waals surface area (Å²) >= 11 is 0. The number of pyridine rings is 1. The molecule has 0 bridgehead atoms. The Morgan fingerprint density at radius 2 is 2.04 bits per heavy atom. The van der Waals surface area contributed by atoms with Crippen molar-refractivity contribution in [2.75, 3.05) is 18.0 Å². The molecule has 1 atom stereocenters. The van der Waals surface area contributed by atoms with Gasteiger partial charge in [-0.2, -0.15) is 0 Å². The normalized spacial score (nSPS) is 17.6. The lowest BCUT2D eigenvalue weighted by molar-refractivity contribution is -0.122. The van der Waals surface area contributed by atoms with Gasteiger partial charge in [0.15, 0.2) is 5.82 Å². The van der Waals surface area contributed by atoms with Gasteiger partial charge in [-0.1, -0.05) is 12.1 Å². The highest BCUT2D eigenvalue weighted by Crippen LogP contribution is 2.30. The predicted molar refractivity (Wildman–Crippen MR) is 96.9 cm³/mol. The lowest BCUT2D eigenvalue weighted by atomic mass is 9.97. The van der Waals surface area contributed by atoms with Crippen LogP contribution in [0.4, 0.5) is 5.82 Å². The minimum atomic E-state index is -0.240. The molecule has 2 aromatic heterocycles. The van der Waals surface area contributed by atoms with Crippen LogP contribution >= 0.6 is 0 Å². The third-order valence-electron chi connectivity index (χ3n) is 4.63. The van der Waals surface area contributed by atoms with Gasteiger partial charge in [0.2, 0.25) is 5.91 Å². The topological polar surface area (TPSA) is 85.0 Å². The Labute approximate surface area is 145 Å². The zero-order chi connectivity index (χ0) is 17.2. The summed E-state index contributed by atoms with van der Waals surface area (Å²) in [6, 6.07) is 11.8. The molecule has 0 saturated carbocycles. The third kappa shape index (κ3) is 3.03. The number of primary amides is 1. The monoisotopic (exact) mass is 333 g/mol. The largest absolute Gasteiger partial charge is 0.369 e. The number of rotatable bonds is 3. The van der Waals surface area contributed by atoms with Crippen molar-refractivity contribution in [2.45, 2.75) is 12.8 Å². The summed E-state index contributed by atoms with van der Waals surface area (Å²) in [5, 5.41) is 0.986. The number of aromatic nitrogens is 3. The highest BCUT2D eigenvalue weighted by Gasteiger charge is 2.26. The first-order chi connectivity index (χ1) is 12.2. The maximum absolute atomic E-state index is 11.6. The van der Waals surface area contributed by atoms with E-state index in [0.29, 0.717) is 12.4 Å². The van der Waals surface area contributed by atoms with E-state index in [1.165, 1.54) is 0 Å². The summed E-state index contributed by atoms with van der Waals surface area (Å²) in [6.07, 6.45) is 5.25. The molecular formula is C19H19N5O. The van der Waals surface area contributed by atoms with Gasteiger partial charge < -0.3 is 10.6 Å². The molecule has 0 radical (unpaired) electrons. The van der Waals surface area contributed by atoms with Crippen LogP contribution in [0, 0.1) is 5.92 Å². The van der Waals surface area contributed by atoms with Crippen LogP contribution in [-0.4, -0.2) is 33.9 Å². The second-order valence-electron chi connectivity index (χ2n) is 6.32. The van der Waals surface area contributed by atoms with Gasteiger partial charge in [0.25, 0.3) is 0 Å². The van der Waals surface area contributed by atoms with Crippen LogP contribution in [0.15, 0.2) is 48.8 Å². The number of fused-ring (bicyclic) bond motifs is 1. The molecule has 4 rings (SSSR count). The Bertz CT molecular complexity index is 912. The fourth-order valence-electron chi connectivity index (χ4n) is 3.33. The summed E-state index contributed by atoms with van der Waals surface area (Å²) in [6.45, 7) is 1.46. The molecular weight excluding hydrogens is 314 g/mol. The molecule has 126 valence electrons. The summed E-state index contributed by atoms with van der Waals surface area (Å²) in [4.78, 5) is 27.5. The van der Waals surface area contributed by atoms with Crippen molar-refractivity contribution in [3.8, 4) is 11.4 Å². The summed E-state index contributed by atoms with van der Waals surface area (Å²) in [7, 11) is 0. The standard InChI is InChI=1S/C19H19N5O/c20-17(25)14-6-4-10-24(12-14)19-15-7-1-2-8-16(15)22-18(23-19)13-5-3-9-21-11-13/h1-3,5,7-9,11,14H,4,6,10,12H2,(H2,20,25)/t14-/m1/s1. The number of benzene rings is 1. The van der Waals surface area contributed by atoms with Crippen molar-refractivity contribution in [1.82, 2.24) is 15.0 Å². The Kier molecular flexibility index (Phi) is 4.01. The lowest BCUT2D eigenvalue weighted by Crippen LogP contribution is -2.41. The summed E-state index contributed by atoms with van der Waals surface area (Å²) in [5.74, 6) is 1.12. The van der Waals surface area contributed by atoms with Crippen LogP contribution in [0.25, 0.3) is 22.3 Å². The van der Waals surface area contributed by atoms with Crippen LogP contribution in [0.1, 0.15) is 12.8 Å². The first-order valence-corrected chi connectivity index (χ1v) is 8.44. The zero-order valence-corrected chi connectivity index (χ0v) is 13.8. The number of piperidine rings is 1. The van der Waals surface area contributed by atoms with E-state index in [2.05, 4.69) is 14.9 Å². The molecule has 6 nitrogen and oxygen atoms in total. The van der Waals surface area contributed by atoms with Gasteiger partial charge in [-0.3, -0.25) is 9.78 Å². The number of hydrogen-bond acceptors (Lipinski definition) is 5. The Morgan fingerprint density at radius 3 is 2.84 bits per heavy atom. The average Bonchev–Trinajstić information content (AvgIpc) is 2.68. The number of carbonyl (C=O) groups excluding carboxylic acids is 1. The fourth-order valence-corrected chi connectivity index (χ4v) is 3.33. The van der Waals surface area contributed by atoms with E-state index in [1.54, 1.807) is 12.4 Å². The lowest BCUT2D eigenvalue weighted by Gasteiger charge is -2.32. The smallest absolute Gasteiger partial charge is 0.222 e. The van der Waals surface area contributed by atoms with Gasteiger partial charge in [0, 0.05) is 36.4 Å². The highest BCUT2D eigenvalue weighted by molar-refractivity contribution is 5.91. The van der Waals surface area contributed by atoms with Crippen LogP contribution in [0.5, 0.6) is 0 Å². The second-order valence-corrected chi connectivity index (χ2v) is 6.32. The van der Waals surface area contributed by atoms with E-state index in [-0.39, 0.29) is 11.8 Å².